The van der Waals surface area contributed by atoms with E-state index in [1.165, 1.54) is 0 Å². The topological polar surface area (TPSA) is 92.4 Å². The quantitative estimate of drug-likeness (QED) is 0.835. The van der Waals surface area contributed by atoms with Gasteiger partial charge in [-0.15, -0.1) is 0 Å². The average Bonchev–Trinajstić information content (AvgIpc) is 2.76. The van der Waals surface area contributed by atoms with E-state index in [1.54, 1.807) is 13.8 Å². The highest BCUT2D eigenvalue weighted by molar-refractivity contribution is 5.98. The van der Waals surface area contributed by atoms with Crippen molar-refractivity contribution in [2.45, 2.75) is 53.0 Å². The van der Waals surface area contributed by atoms with Crippen molar-refractivity contribution in [2.75, 3.05) is 0 Å². The van der Waals surface area contributed by atoms with E-state index in [9.17, 15) is 14.7 Å². The number of aromatic nitrogens is 1. The standard InChI is InChI=1S/C14H22N2O4/c1-6-8(4)11(14(18)19)15-13(17)10-9(5)16-20-12(10)7(2)3/h7-8,11H,6H2,1-5H3,(H,15,17)(H,18,19)/t8?,11-/m0/s1. The van der Waals surface area contributed by atoms with E-state index in [0.29, 0.717) is 23.4 Å². The molecule has 0 aromatic carbocycles. The maximum Gasteiger partial charge on any atom is 0.326 e. The number of aliphatic carboxylic acids is 1. The molecule has 6 heteroatoms. The Bertz CT molecular complexity index is 493. The van der Waals surface area contributed by atoms with Crippen LogP contribution in [0.15, 0.2) is 4.52 Å². The van der Waals surface area contributed by atoms with Crippen LogP contribution in [0, 0.1) is 12.8 Å². The number of nitrogens with one attached hydrogen (secondary N) is 1. The Morgan fingerprint density at radius 3 is 2.40 bits per heavy atom. The summed E-state index contributed by atoms with van der Waals surface area (Å²) >= 11 is 0. The molecule has 1 unspecified atom stereocenters. The molecule has 1 heterocycles. The van der Waals surface area contributed by atoms with Crippen molar-refractivity contribution in [2.24, 2.45) is 5.92 Å². The second kappa shape index (κ2) is 6.54. The lowest BCUT2D eigenvalue weighted by Gasteiger charge is -2.20. The van der Waals surface area contributed by atoms with Gasteiger partial charge in [-0.25, -0.2) is 4.79 Å². The normalized spacial score (nSPS) is 14.1. The second-order valence-corrected chi connectivity index (χ2v) is 5.34. The molecule has 0 spiro atoms. The Balaban J connectivity index is 3.01. The van der Waals surface area contributed by atoms with Crippen LogP contribution in [-0.2, 0) is 4.79 Å². The van der Waals surface area contributed by atoms with Gasteiger partial charge in [0.2, 0.25) is 0 Å². The Kier molecular flexibility index (Phi) is 5.30. The first-order chi connectivity index (χ1) is 9.29. The third-order valence-electron chi connectivity index (χ3n) is 3.41. The number of carboxylic acid groups (broad SMARTS) is 1. The third-order valence-corrected chi connectivity index (χ3v) is 3.41. The van der Waals surface area contributed by atoms with E-state index >= 15 is 0 Å². The van der Waals surface area contributed by atoms with E-state index in [0.717, 1.165) is 0 Å². The van der Waals surface area contributed by atoms with Gasteiger partial charge >= 0.3 is 5.97 Å². The van der Waals surface area contributed by atoms with Crippen LogP contribution in [0.1, 0.15) is 61.8 Å². The van der Waals surface area contributed by atoms with Crippen molar-refractivity contribution in [1.82, 2.24) is 10.5 Å². The Labute approximate surface area is 118 Å². The van der Waals surface area contributed by atoms with Gasteiger partial charge in [-0.3, -0.25) is 4.79 Å². The van der Waals surface area contributed by atoms with Gasteiger partial charge in [0, 0.05) is 5.92 Å². The zero-order valence-electron chi connectivity index (χ0n) is 12.6. The molecule has 2 atom stereocenters. The minimum atomic E-state index is -1.03. The third kappa shape index (κ3) is 3.37. The maximum absolute atomic E-state index is 12.3. The Morgan fingerprint density at radius 2 is 1.95 bits per heavy atom. The number of nitrogens with zero attached hydrogens (tertiary/aromatic N) is 1. The molecule has 0 aliphatic rings. The number of carbonyl (C=O) groups is 2. The molecule has 1 aromatic rings. The first kappa shape index (κ1) is 16.2. The summed E-state index contributed by atoms with van der Waals surface area (Å²) in [4.78, 5) is 23.6. The zero-order valence-corrected chi connectivity index (χ0v) is 12.6. The summed E-state index contributed by atoms with van der Waals surface area (Å²) in [6.07, 6.45) is 0.664. The first-order valence-electron chi connectivity index (χ1n) is 6.79. The minimum Gasteiger partial charge on any atom is -0.480 e. The SMILES string of the molecule is CCC(C)[C@H](NC(=O)c1c(C)noc1C(C)C)C(=O)O. The summed E-state index contributed by atoms with van der Waals surface area (Å²) in [7, 11) is 0. The molecule has 1 rings (SSSR count). The van der Waals surface area contributed by atoms with E-state index in [1.807, 2.05) is 20.8 Å². The van der Waals surface area contributed by atoms with Crippen molar-refractivity contribution in [1.29, 1.82) is 0 Å². The van der Waals surface area contributed by atoms with Crippen molar-refractivity contribution in [3.05, 3.63) is 17.0 Å². The Morgan fingerprint density at radius 1 is 1.35 bits per heavy atom. The summed E-state index contributed by atoms with van der Waals surface area (Å²) in [6.45, 7) is 9.13. The predicted molar refractivity (Wildman–Crippen MR) is 73.7 cm³/mol. The summed E-state index contributed by atoms with van der Waals surface area (Å²) < 4.78 is 5.15. The van der Waals surface area contributed by atoms with Gasteiger partial charge in [-0.1, -0.05) is 39.3 Å². The minimum absolute atomic E-state index is 0.00354. The van der Waals surface area contributed by atoms with Gasteiger partial charge in [-0.2, -0.15) is 0 Å². The van der Waals surface area contributed by atoms with Gasteiger partial charge in [0.25, 0.3) is 5.91 Å². The fourth-order valence-electron chi connectivity index (χ4n) is 1.95. The second-order valence-electron chi connectivity index (χ2n) is 5.34. The van der Waals surface area contributed by atoms with E-state index < -0.39 is 17.9 Å². The molecule has 112 valence electrons. The van der Waals surface area contributed by atoms with Gasteiger partial charge in [0.15, 0.2) is 5.76 Å². The molecule has 2 N–H and O–H groups in total. The highest BCUT2D eigenvalue weighted by Gasteiger charge is 2.29. The molecule has 6 nitrogen and oxygen atoms in total. The van der Waals surface area contributed by atoms with E-state index in [4.69, 9.17) is 4.52 Å². The number of hydrogen-bond acceptors (Lipinski definition) is 4. The monoisotopic (exact) mass is 282 g/mol. The summed E-state index contributed by atoms with van der Waals surface area (Å²) in [6, 6.07) is -0.915. The zero-order chi connectivity index (χ0) is 15.4. The largest absolute Gasteiger partial charge is 0.480 e. The van der Waals surface area contributed by atoms with E-state index in [-0.39, 0.29) is 11.8 Å². The Hall–Kier alpha value is -1.85. The number of rotatable bonds is 6. The van der Waals surface area contributed by atoms with Crippen LogP contribution in [0.2, 0.25) is 0 Å². The molecule has 0 radical (unpaired) electrons. The molecule has 0 aliphatic heterocycles. The molecule has 20 heavy (non-hydrogen) atoms. The maximum atomic E-state index is 12.3. The fraction of sp³-hybridized carbons (Fsp3) is 0.643. The smallest absolute Gasteiger partial charge is 0.326 e. The highest BCUT2D eigenvalue weighted by Crippen LogP contribution is 2.22. The van der Waals surface area contributed by atoms with Crippen LogP contribution in [0.4, 0.5) is 0 Å². The number of hydrogen-bond donors (Lipinski definition) is 2. The van der Waals surface area contributed by atoms with Crippen molar-refractivity contribution < 1.29 is 19.2 Å². The van der Waals surface area contributed by atoms with Gasteiger partial charge in [-0.05, 0) is 12.8 Å². The molecule has 1 amide bonds. The molecular formula is C14H22N2O4. The molecule has 1 aromatic heterocycles. The average molecular weight is 282 g/mol. The lowest BCUT2D eigenvalue weighted by atomic mass is 9.98. The molecule has 0 fully saturated rings. The first-order valence-corrected chi connectivity index (χ1v) is 6.79. The number of amides is 1. The van der Waals surface area contributed by atoms with Crippen LogP contribution in [0.5, 0.6) is 0 Å². The fourth-order valence-corrected chi connectivity index (χ4v) is 1.95. The van der Waals surface area contributed by atoms with Crippen LogP contribution in [0.25, 0.3) is 0 Å². The number of carboxylic acids is 1. The summed E-state index contributed by atoms with van der Waals surface area (Å²) in [5, 5.41) is 15.6. The van der Waals surface area contributed by atoms with Crippen molar-refractivity contribution in [3.8, 4) is 0 Å². The van der Waals surface area contributed by atoms with E-state index in [2.05, 4.69) is 10.5 Å². The molecule has 0 aliphatic carbocycles. The number of carbonyl (C=O) groups excluding carboxylic acids is 1. The number of aryl methyl sites for hydroxylation is 1. The summed E-state index contributed by atoms with van der Waals surface area (Å²) in [5.74, 6) is -1.15. The molecule has 0 saturated carbocycles. The summed E-state index contributed by atoms with van der Waals surface area (Å²) in [5.41, 5.74) is 0.814. The van der Waals surface area contributed by atoms with Crippen LogP contribution < -0.4 is 5.32 Å². The van der Waals surface area contributed by atoms with Gasteiger partial charge in [0.05, 0.1) is 5.69 Å². The highest BCUT2D eigenvalue weighted by atomic mass is 16.5. The van der Waals surface area contributed by atoms with Crippen LogP contribution in [0.3, 0.4) is 0 Å². The van der Waals surface area contributed by atoms with Crippen molar-refractivity contribution in [3.63, 3.8) is 0 Å². The molecule has 0 bridgehead atoms. The molecule has 0 saturated heterocycles. The van der Waals surface area contributed by atoms with Crippen LogP contribution in [-0.4, -0.2) is 28.2 Å². The van der Waals surface area contributed by atoms with Crippen LogP contribution >= 0.6 is 0 Å². The lowest BCUT2D eigenvalue weighted by Crippen LogP contribution is -2.45. The van der Waals surface area contributed by atoms with Crippen molar-refractivity contribution >= 4 is 11.9 Å². The predicted octanol–water partition coefficient (Wildman–Crippen LogP) is 2.34. The molecular weight excluding hydrogens is 260 g/mol. The van der Waals surface area contributed by atoms with Gasteiger partial charge < -0.3 is 14.9 Å². The lowest BCUT2D eigenvalue weighted by molar-refractivity contribution is -0.140. The van der Waals surface area contributed by atoms with Gasteiger partial charge in [0.1, 0.15) is 11.6 Å².